The van der Waals surface area contributed by atoms with E-state index in [2.05, 4.69) is 20.6 Å². The van der Waals surface area contributed by atoms with Crippen LogP contribution in [0.15, 0.2) is 50.8 Å². The molecule has 1 fully saturated rings. The Morgan fingerprint density at radius 2 is 1.97 bits per heavy atom. The average Bonchev–Trinajstić information content (AvgIpc) is 3.45. The van der Waals surface area contributed by atoms with Crippen LogP contribution in [-0.2, 0) is 27.1 Å². The van der Waals surface area contributed by atoms with Crippen LogP contribution in [0.5, 0.6) is 0 Å². The zero-order valence-electron chi connectivity index (χ0n) is 18.1. The second-order valence-corrected chi connectivity index (χ2v) is 8.86. The van der Waals surface area contributed by atoms with Crippen molar-refractivity contribution in [1.29, 1.82) is 0 Å². The molecule has 1 atom stereocenters. The molecule has 166 valence electrons. The lowest BCUT2D eigenvalue weighted by Crippen LogP contribution is -2.52. The number of imidazole rings is 1. The summed E-state index contributed by atoms with van der Waals surface area (Å²) >= 11 is 1.60. The van der Waals surface area contributed by atoms with Gasteiger partial charge in [-0.2, -0.15) is 4.98 Å². The van der Waals surface area contributed by atoms with Gasteiger partial charge in [0.2, 0.25) is 5.95 Å². The van der Waals surface area contributed by atoms with Gasteiger partial charge in [-0.1, -0.05) is 30.3 Å². The summed E-state index contributed by atoms with van der Waals surface area (Å²) in [6.45, 7) is 2.81. The van der Waals surface area contributed by atoms with E-state index in [-0.39, 0.29) is 17.3 Å². The number of benzene rings is 1. The van der Waals surface area contributed by atoms with Gasteiger partial charge in [0.1, 0.15) is 0 Å². The maximum Gasteiger partial charge on any atom is 0.332 e. The number of hydrogen-bond donors (Lipinski definition) is 1. The zero-order valence-corrected chi connectivity index (χ0v) is 18.9. The summed E-state index contributed by atoms with van der Waals surface area (Å²) in [7, 11) is 3.18. The highest BCUT2D eigenvalue weighted by molar-refractivity contribution is 7.07. The lowest BCUT2D eigenvalue weighted by atomic mass is 10.1. The van der Waals surface area contributed by atoms with E-state index in [1.165, 1.54) is 11.6 Å². The van der Waals surface area contributed by atoms with E-state index >= 15 is 0 Å². The van der Waals surface area contributed by atoms with Crippen molar-refractivity contribution >= 4 is 28.4 Å². The van der Waals surface area contributed by atoms with Gasteiger partial charge in [-0.25, -0.2) is 9.78 Å². The second-order valence-electron chi connectivity index (χ2n) is 8.14. The molecule has 9 nitrogen and oxygen atoms in total. The molecule has 32 heavy (non-hydrogen) atoms. The largest absolute Gasteiger partial charge is 0.339 e. The highest BCUT2D eigenvalue weighted by Crippen LogP contribution is 2.23. The van der Waals surface area contributed by atoms with Gasteiger partial charge >= 0.3 is 5.69 Å². The van der Waals surface area contributed by atoms with Crippen LogP contribution in [0.2, 0.25) is 0 Å². The number of anilines is 1. The molecule has 4 aromatic rings. The Morgan fingerprint density at radius 3 is 2.72 bits per heavy atom. The Bertz CT molecular complexity index is 1360. The molecule has 1 aromatic carbocycles. The maximum atomic E-state index is 13.1. The van der Waals surface area contributed by atoms with Crippen LogP contribution in [0.4, 0.5) is 5.95 Å². The monoisotopic (exact) mass is 451 g/mol. The second kappa shape index (κ2) is 8.36. The Balaban J connectivity index is 1.60. The Hall–Kier alpha value is -3.24. The zero-order chi connectivity index (χ0) is 22.2. The predicted octanol–water partition coefficient (Wildman–Crippen LogP) is 0.959. The summed E-state index contributed by atoms with van der Waals surface area (Å²) in [5.74, 6) is 0.715. The first kappa shape index (κ1) is 20.7. The SMILES string of the molecule is Cn1c(=O)c2c(nc(N3CCN[C@H](Cc4cscn4)C3)n2Cc2ccccc2)n(C)c1=O. The number of aromatic nitrogens is 5. The van der Waals surface area contributed by atoms with E-state index in [0.29, 0.717) is 23.7 Å². The van der Waals surface area contributed by atoms with Crippen molar-refractivity contribution in [3.63, 3.8) is 0 Å². The lowest BCUT2D eigenvalue weighted by molar-refractivity contribution is 0.445. The minimum absolute atomic E-state index is 0.225. The molecule has 1 N–H and O–H groups in total. The molecule has 0 saturated carbocycles. The van der Waals surface area contributed by atoms with E-state index < -0.39 is 0 Å². The molecule has 1 aliphatic heterocycles. The third-order valence-electron chi connectivity index (χ3n) is 5.99. The summed E-state index contributed by atoms with van der Waals surface area (Å²) in [6, 6.07) is 10.2. The number of nitrogens with one attached hydrogen (secondary N) is 1. The number of thiazole rings is 1. The summed E-state index contributed by atoms with van der Waals surface area (Å²) in [6.07, 6.45) is 0.833. The number of nitrogens with zero attached hydrogens (tertiary/aromatic N) is 6. The van der Waals surface area contributed by atoms with E-state index in [1.54, 1.807) is 18.4 Å². The molecule has 5 rings (SSSR count). The van der Waals surface area contributed by atoms with Gasteiger partial charge in [0, 0.05) is 51.6 Å². The normalized spacial score (nSPS) is 16.7. The first-order valence-corrected chi connectivity index (χ1v) is 11.5. The van der Waals surface area contributed by atoms with Crippen molar-refractivity contribution in [1.82, 2.24) is 29.0 Å². The Labute approximate surface area is 188 Å². The van der Waals surface area contributed by atoms with Crippen LogP contribution in [-0.4, -0.2) is 49.3 Å². The molecule has 1 aliphatic rings. The summed E-state index contributed by atoms with van der Waals surface area (Å²) in [5, 5.41) is 5.64. The van der Waals surface area contributed by atoms with Crippen LogP contribution in [0.1, 0.15) is 11.3 Å². The van der Waals surface area contributed by atoms with Gasteiger partial charge in [-0.3, -0.25) is 18.5 Å². The van der Waals surface area contributed by atoms with E-state index in [1.807, 2.05) is 40.4 Å². The minimum Gasteiger partial charge on any atom is -0.339 e. The highest BCUT2D eigenvalue weighted by atomic mass is 32.1. The Morgan fingerprint density at radius 1 is 1.16 bits per heavy atom. The standard InChI is InChI=1S/C22H25N7O2S/c1-26-19-18(20(30)27(2)22(26)31)29(11-15-6-4-3-5-7-15)21(25-19)28-9-8-23-16(12-28)10-17-13-32-14-24-17/h3-7,13-14,16,23H,8-12H2,1-2H3/t16-/m1/s1. The third kappa shape index (κ3) is 3.65. The molecule has 0 spiro atoms. The van der Waals surface area contributed by atoms with Gasteiger partial charge in [-0.15, -0.1) is 11.3 Å². The molecule has 1 saturated heterocycles. The van der Waals surface area contributed by atoms with Crippen LogP contribution in [0.3, 0.4) is 0 Å². The fourth-order valence-electron chi connectivity index (χ4n) is 4.33. The molecule has 0 unspecified atom stereocenters. The van der Waals surface area contributed by atoms with Gasteiger partial charge < -0.3 is 10.2 Å². The molecule has 3 aromatic heterocycles. The summed E-state index contributed by atoms with van der Waals surface area (Å²) < 4.78 is 4.56. The van der Waals surface area contributed by atoms with Crippen LogP contribution in [0.25, 0.3) is 11.2 Å². The molecule has 0 amide bonds. The predicted molar refractivity (Wildman–Crippen MR) is 126 cm³/mol. The highest BCUT2D eigenvalue weighted by Gasteiger charge is 2.27. The first-order valence-electron chi connectivity index (χ1n) is 10.6. The van der Waals surface area contributed by atoms with Gasteiger partial charge in [0.05, 0.1) is 17.7 Å². The molecule has 0 bridgehead atoms. The van der Waals surface area contributed by atoms with Crippen molar-refractivity contribution < 1.29 is 0 Å². The number of piperazine rings is 1. The number of aryl methyl sites for hydroxylation is 1. The maximum absolute atomic E-state index is 13.1. The number of fused-ring (bicyclic) bond motifs is 1. The van der Waals surface area contributed by atoms with Gasteiger partial charge in [-0.05, 0) is 5.56 Å². The number of hydrogen-bond acceptors (Lipinski definition) is 7. The first-order chi connectivity index (χ1) is 15.5. The van der Waals surface area contributed by atoms with Gasteiger partial charge in [0.15, 0.2) is 11.2 Å². The number of rotatable bonds is 5. The molecule has 0 radical (unpaired) electrons. The minimum atomic E-state index is -0.375. The van der Waals surface area contributed by atoms with Crippen molar-refractivity contribution in [3.8, 4) is 0 Å². The molecule has 4 heterocycles. The van der Waals surface area contributed by atoms with Crippen LogP contribution >= 0.6 is 11.3 Å². The van der Waals surface area contributed by atoms with Crippen molar-refractivity contribution in [2.24, 2.45) is 14.1 Å². The molecule has 10 heteroatoms. The fraction of sp³-hybridized carbons (Fsp3) is 0.364. The third-order valence-corrected chi connectivity index (χ3v) is 6.62. The smallest absolute Gasteiger partial charge is 0.332 e. The quantitative estimate of drug-likeness (QED) is 0.486. The van der Waals surface area contributed by atoms with Crippen molar-refractivity contribution in [3.05, 3.63) is 73.3 Å². The molecule has 0 aliphatic carbocycles. The lowest BCUT2D eigenvalue weighted by Gasteiger charge is -2.34. The average molecular weight is 452 g/mol. The summed E-state index contributed by atoms with van der Waals surface area (Å²) in [4.78, 5) is 37.1. The Kier molecular flexibility index (Phi) is 5.40. The van der Waals surface area contributed by atoms with Crippen LogP contribution < -0.4 is 21.5 Å². The van der Waals surface area contributed by atoms with Crippen molar-refractivity contribution in [2.75, 3.05) is 24.5 Å². The van der Waals surface area contributed by atoms with E-state index in [4.69, 9.17) is 4.98 Å². The van der Waals surface area contributed by atoms with Crippen molar-refractivity contribution in [2.45, 2.75) is 19.0 Å². The molecular formula is C22H25N7O2S. The van der Waals surface area contributed by atoms with E-state index in [0.717, 1.165) is 41.9 Å². The topological polar surface area (TPSA) is 90.0 Å². The molecular weight excluding hydrogens is 426 g/mol. The fourth-order valence-corrected chi connectivity index (χ4v) is 4.90. The van der Waals surface area contributed by atoms with E-state index in [9.17, 15) is 9.59 Å². The van der Waals surface area contributed by atoms with Gasteiger partial charge in [0.25, 0.3) is 5.56 Å². The summed E-state index contributed by atoms with van der Waals surface area (Å²) in [5.41, 5.74) is 4.15. The van der Waals surface area contributed by atoms with Crippen LogP contribution in [0, 0.1) is 0 Å².